The molecular formula is C19H29N3O3. The molecule has 2 fully saturated rings. The largest absolute Gasteiger partial charge is 0.361 e. The number of aromatic nitrogens is 1. The summed E-state index contributed by atoms with van der Waals surface area (Å²) in [6, 6.07) is 1.82. The molecule has 2 saturated heterocycles. The molecule has 1 spiro atoms. The van der Waals surface area contributed by atoms with E-state index in [1.165, 1.54) is 0 Å². The topological polar surface area (TPSA) is 66.7 Å². The van der Waals surface area contributed by atoms with Crippen molar-refractivity contribution < 1.29 is 14.1 Å². The van der Waals surface area contributed by atoms with Crippen LogP contribution in [-0.4, -0.2) is 52.9 Å². The quantitative estimate of drug-likeness (QED) is 0.821. The minimum Gasteiger partial charge on any atom is -0.361 e. The number of carbonyl (C=O) groups excluding carboxylic acids is 2. The van der Waals surface area contributed by atoms with Crippen molar-refractivity contribution in [1.82, 2.24) is 15.0 Å². The Morgan fingerprint density at radius 1 is 1.36 bits per heavy atom. The summed E-state index contributed by atoms with van der Waals surface area (Å²) in [6.07, 6.45) is 6.06. The van der Waals surface area contributed by atoms with Crippen LogP contribution in [0.4, 0.5) is 0 Å². The second-order valence-electron chi connectivity index (χ2n) is 7.70. The zero-order valence-electron chi connectivity index (χ0n) is 15.4. The summed E-state index contributed by atoms with van der Waals surface area (Å²) in [7, 11) is 0. The van der Waals surface area contributed by atoms with E-state index in [0.29, 0.717) is 12.2 Å². The van der Waals surface area contributed by atoms with Gasteiger partial charge in [-0.1, -0.05) is 18.5 Å². The van der Waals surface area contributed by atoms with E-state index in [4.69, 9.17) is 4.52 Å². The molecule has 0 radical (unpaired) electrons. The van der Waals surface area contributed by atoms with Gasteiger partial charge in [0.1, 0.15) is 5.76 Å². The van der Waals surface area contributed by atoms with Gasteiger partial charge in [-0.2, -0.15) is 0 Å². The van der Waals surface area contributed by atoms with Crippen LogP contribution >= 0.6 is 0 Å². The third-order valence-electron chi connectivity index (χ3n) is 5.55. The Kier molecular flexibility index (Phi) is 5.45. The first-order chi connectivity index (χ1) is 12.0. The average Bonchev–Trinajstić information content (AvgIpc) is 3.01. The molecule has 3 heterocycles. The molecule has 0 saturated carbocycles. The molecule has 3 rings (SSSR count). The molecule has 25 heavy (non-hydrogen) atoms. The molecule has 138 valence electrons. The number of piperidine rings is 2. The number of likely N-dealkylation sites (tertiary alicyclic amines) is 2. The zero-order valence-corrected chi connectivity index (χ0v) is 15.4. The van der Waals surface area contributed by atoms with E-state index in [2.05, 4.69) is 12.1 Å². The maximum Gasteiger partial charge on any atom is 0.230 e. The molecular weight excluding hydrogens is 318 g/mol. The van der Waals surface area contributed by atoms with Gasteiger partial charge in [0.25, 0.3) is 0 Å². The molecule has 1 atom stereocenters. The minimum atomic E-state index is 0.0763. The van der Waals surface area contributed by atoms with Crippen LogP contribution in [0.25, 0.3) is 0 Å². The lowest BCUT2D eigenvalue weighted by molar-refractivity contribution is -0.142. The van der Waals surface area contributed by atoms with E-state index in [1.807, 2.05) is 22.8 Å². The minimum absolute atomic E-state index is 0.0763. The van der Waals surface area contributed by atoms with Gasteiger partial charge in [-0.25, -0.2) is 0 Å². The predicted octanol–water partition coefficient (Wildman–Crippen LogP) is 2.56. The maximum absolute atomic E-state index is 12.7. The highest BCUT2D eigenvalue weighted by atomic mass is 16.5. The van der Waals surface area contributed by atoms with Gasteiger partial charge in [0.15, 0.2) is 0 Å². The highest BCUT2D eigenvalue weighted by Crippen LogP contribution is 2.39. The SMILES string of the molecule is CCCCN1C[C@]2(CCCN(C(=O)Cc3cc(C)no3)C2)CCC1=O. The molecule has 0 bridgehead atoms. The molecule has 0 unspecified atom stereocenters. The summed E-state index contributed by atoms with van der Waals surface area (Å²) in [5.41, 5.74) is 0.877. The van der Waals surface area contributed by atoms with Crippen molar-refractivity contribution in [2.45, 2.75) is 58.8 Å². The second kappa shape index (κ2) is 7.58. The number of unbranched alkanes of at least 4 members (excludes halogenated alkanes) is 1. The van der Waals surface area contributed by atoms with E-state index in [0.717, 1.165) is 64.0 Å². The Balaban J connectivity index is 1.63. The van der Waals surface area contributed by atoms with Crippen LogP contribution < -0.4 is 0 Å². The molecule has 2 aliphatic heterocycles. The standard InChI is InChI=1S/C19H29N3O3/c1-3-4-9-21-13-19(8-6-17(21)23)7-5-10-22(14-19)18(24)12-16-11-15(2)20-25-16/h11H,3-10,12-14H2,1-2H3/t19-/m0/s1. The van der Waals surface area contributed by atoms with E-state index in [-0.39, 0.29) is 23.7 Å². The summed E-state index contributed by atoms with van der Waals surface area (Å²) < 4.78 is 5.19. The molecule has 2 amide bonds. The summed E-state index contributed by atoms with van der Waals surface area (Å²) in [5, 5.41) is 3.86. The lowest BCUT2D eigenvalue weighted by atomic mass is 9.73. The third kappa shape index (κ3) is 4.22. The zero-order chi connectivity index (χ0) is 17.9. The number of hydrogen-bond donors (Lipinski definition) is 0. The Hall–Kier alpha value is -1.85. The fourth-order valence-corrected chi connectivity index (χ4v) is 4.17. The fourth-order valence-electron chi connectivity index (χ4n) is 4.17. The number of amides is 2. The van der Waals surface area contributed by atoms with Crippen molar-refractivity contribution in [2.75, 3.05) is 26.2 Å². The van der Waals surface area contributed by atoms with Gasteiger partial charge in [-0.05, 0) is 32.6 Å². The number of carbonyl (C=O) groups is 2. The second-order valence-corrected chi connectivity index (χ2v) is 7.70. The number of hydrogen-bond acceptors (Lipinski definition) is 4. The van der Waals surface area contributed by atoms with Gasteiger partial charge in [0.05, 0.1) is 12.1 Å². The number of aryl methyl sites for hydroxylation is 1. The molecule has 6 nitrogen and oxygen atoms in total. The summed E-state index contributed by atoms with van der Waals surface area (Å²) in [4.78, 5) is 28.9. The van der Waals surface area contributed by atoms with Gasteiger partial charge in [-0.15, -0.1) is 0 Å². The van der Waals surface area contributed by atoms with Gasteiger partial charge < -0.3 is 14.3 Å². The van der Waals surface area contributed by atoms with Crippen molar-refractivity contribution in [3.8, 4) is 0 Å². The monoisotopic (exact) mass is 347 g/mol. The molecule has 6 heteroatoms. The summed E-state index contributed by atoms with van der Waals surface area (Å²) in [5.74, 6) is 1.01. The van der Waals surface area contributed by atoms with Crippen LogP contribution in [0.2, 0.25) is 0 Å². The smallest absolute Gasteiger partial charge is 0.230 e. The van der Waals surface area contributed by atoms with Crippen LogP contribution in [0.5, 0.6) is 0 Å². The lowest BCUT2D eigenvalue weighted by Crippen LogP contribution is -2.55. The highest BCUT2D eigenvalue weighted by molar-refractivity contribution is 5.79. The molecule has 0 aromatic carbocycles. The highest BCUT2D eigenvalue weighted by Gasteiger charge is 2.42. The van der Waals surface area contributed by atoms with Crippen molar-refractivity contribution in [1.29, 1.82) is 0 Å². The van der Waals surface area contributed by atoms with Crippen LogP contribution in [-0.2, 0) is 16.0 Å². The van der Waals surface area contributed by atoms with Gasteiger partial charge >= 0.3 is 0 Å². The van der Waals surface area contributed by atoms with E-state index in [9.17, 15) is 9.59 Å². The predicted molar refractivity (Wildman–Crippen MR) is 93.9 cm³/mol. The van der Waals surface area contributed by atoms with Crippen LogP contribution in [0, 0.1) is 12.3 Å². The van der Waals surface area contributed by atoms with Crippen LogP contribution in [0.1, 0.15) is 56.9 Å². The lowest BCUT2D eigenvalue weighted by Gasteiger charge is -2.48. The van der Waals surface area contributed by atoms with Crippen molar-refractivity contribution >= 4 is 11.8 Å². The Morgan fingerprint density at radius 2 is 2.20 bits per heavy atom. The van der Waals surface area contributed by atoms with Crippen molar-refractivity contribution in [3.63, 3.8) is 0 Å². The first-order valence-corrected chi connectivity index (χ1v) is 9.49. The summed E-state index contributed by atoms with van der Waals surface area (Å²) >= 11 is 0. The van der Waals surface area contributed by atoms with Crippen molar-refractivity contribution in [2.24, 2.45) is 5.41 Å². The van der Waals surface area contributed by atoms with E-state index >= 15 is 0 Å². The summed E-state index contributed by atoms with van der Waals surface area (Å²) in [6.45, 7) is 7.22. The average molecular weight is 347 g/mol. The van der Waals surface area contributed by atoms with Crippen LogP contribution in [0.3, 0.4) is 0 Å². The Labute approximate surface area is 149 Å². The first kappa shape index (κ1) is 18.0. The first-order valence-electron chi connectivity index (χ1n) is 9.49. The maximum atomic E-state index is 12.7. The molecule has 0 aliphatic carbocycles. The molecule has 0 N–H and O–H groups in total. The Morgan fingerprint density at radius 3 is 2.92 bits per heavy atom. The van der Waals surface area contributed by atoms with Crippen molar-refractivity contribution in [3.05, 3.63) is 17.5 Å². The van der Waals surface area contributed by atoms with Gasteiger partial charge in [-0.3, -0.25) is 9.59 Å². The van der Waals surface area contributed by atoms with Gasteiger partial charge in [0, 0.05) is 44.1 Å². The molecule has 2 aliphatic rings. The van der Waals surface area contributed by atoms with E-state index in [1.54, 1.807) is 0 Å². The Bertz CT molecular complexity index is 627. The number of rotatable bonds is 5. The molecule has 1 aromatic heterocycles. The molecule has 1 aromatic rings. The van der Waals surface area contributed by atoms with Crippen LogP contribution in [0.15, 0.2) is 10.6 Å². The van der Waals surface area contributed by atoms with E-state index < -0.39 is 0 Å². The third-order valence-corrected chi connectivity index (χ3v) is 5.55. The van der Waals surface area contributed by atoms with Gasteiger partial charge in [0.2, 0.25) is 11.8 Å². The normalized spacial score (nSPS) is 24.2. The number of nitrogens with zero attached hydrogens (tertiary/aromatic N) is 3. The fraction of sp³-hybridized carbons (Fsp3) is 0.737.